The summed E-state index contributed by atoms with van der Waals surface area (Å²) in [5.74, 6) is -0.196. The molecule has 1 aromatic carbocycles. The van der Waals surface area contributed by atoms with Gasteiger partial charge in [-0.1, -0.05) is 12.1 Å². The third-order valence-corrected chi connectivity index (χ3v) is 5.54. The van der Waals surface area contributed by atoms with Crippen molar-refractivity contribution in [1.82, 2.24) is 14.5 Å². The van der Waals surface area contributed by atoms with Gasteiger partial charge >= 0.3 is 5.97 Å². The lowest BCUT2D eigenvalue weighted by molar-refractivity contribution is -0.155. The van der Waals surface area contributed by atoms with E-state index in [9.17, 15) is 9.59 Å². The topological polar surface area (TPSA) is 84.7 Å². The van der Waals surface area contributed by atoms with Crippen molar-refractivity contribution in [2.24, 2.45) is 0 Å². The smallest absolute Gasteiger partial charge is 0.332 e. The Morgan fingerprint density at radius 3 is 2.63 bits per heavy atom. The van der Waals surface area contributed by atoms with E-state index in [1.54, 1.807) is 0 Å². The second kappa shape index (κ2) is 6.96. The third-order valence-electron chi connectivity index (χ3n) is 5.54. The Kier molecular flexibility index (Phi) is 4.63. The van der Waals surface area contributed by atoms with Crippen LogP contribution in [0.25, 0.3) is 11.0 Å². The van der Waals surface area contributed by atoms with Crippen molar-refractivity contribution in [1.29, 1.82) is 0 Å². The number of rotatable bonds is 4. The Bertz CT molecular complexity index is 875. The minimum atomic E-state index is -0.995. The average molecular weight is 371 g/mol. The van der Waals surface area contributed by atoms with Gasteiger partial charge in [-0.25, -0.2) is 9.78 Å². The number of imidazole rings is 1. The molecule has 3 heterocycles. The molecule has 0 aliphatic carbocycles. The molecule has 27 heavy (non-hydrogen) atoms. The highest BCUT2D eigenvalue weighted by Crippen LogP contribution is 2.36. The van der Waals surface area contributed by atoms with Gasteiger partial charge < -0.3 is 19.3 Å². The van der Waals surface area contributed by atoms with Crippen LogP contribution in [0, 0.1) is 0 Å². The van der Waals surface area contributed by atoms with Gasteiger partial charge in [0.15, 0.2) is 6.10 Å². The standard InChI is InChI=1S/C20H25N3O4/c1-12(2)23-14-7-4-3-6-13(14)21-18(23)15-8-5-11-22(15)19(24)16-9-10-17(27-16)20(25)26/h3-4,6-7,12,15-17H,5,8-11H2,1-2H3,(H,25,26)/t15?,16-,17+/m0/s1. The second-order valence-corrected chi connectivity index (χ2v) is 7.64. The molecule has 1 unspecified atom stereocenters. The van der Waals surface area contributed by atoms with E-state index in [1.165, 1.54) is 0 Å². The van der Waals surface area contributed by atoms with Crippen LogP contribution in [0.1, 0.15) is 57.4 Å². The molecule has 2 saturated heterocycles. The first-order chi connectivity index (χ1) is 13.0. The molecule has 2 aliphatic heterocycles. The number of carboxylic acids is 1. The predicted molar refractivity (Wildman–Crippen MR) is 99.3 cm³/mol. The Morgan fingerprint density at radius 1 is 1.19 bits per heavy atom. The molecule has 144 valence electrons. The molecule has 4 rings (SSSR count). The van der Waals surface area contributed by atoms with Crippen LogP contribution in [0.4, 0.5) is 0 Å². The van der Waals surface area contributed by atoms with Crippen molar-refractivity contribution >= 4 is 22.9 Å². The van der Waals surface area contributed by atoms with Crippen molar-refractivity contribution in [3.63, 3.8) is 0 Å². The van der Waals surface area contributed by atoms with Crippen molar-refractivity contribution in [3.8, 4) is 0 Å². The first-order valence-corrected chi connectivity index (χ1v) is 9.63. The van der Waals surface area contributed by atoms with E-state index in [-0.39, 0.29) is 18.0 Å². The van der Waals surface area contributed by atoms with E-state index >= 15 is 0 Å². The van der Waals surface area contributed by atoms with Gasteiger partial charge in [0.05, 0.1) is 17.1 Å². The van der Waals surface area contributed by atoms with E-state index in [2.05, 4.69) is 24.5 Å². The number of likely N-dealkylation sites (tertiary alicyclic amines) is 1. The molecule has 7 nitrogen and oxygen atoms in total. The number of hydrogen-bond acceptors (Lipinski definition) is 4. The minimum absolute atomic E-state index is 0.0974. The number of carbonyl (C=O) groups excluding carboxylic acids is 1. The molecule has 3 atom stereocenters. The summed E-state index contributed by atoms with van der Waals surface area (Å²) in [6.45, 7) is 4.90. The van der Waals surface area contributed by atoms with Crippen molar-refractivity contribution in [3.05, 3.63) is 30.1 Å². The molecule has 2 fully saturated rings. The Labute approximate surface area is 157 Å². The van der Waals surface area contributed by atoms with Gasteiger partial charge in [-0.3, -0.25) is 4.79 Å². The largest absolute Gasteiger partial charge is 0.479 e. The Morgan fingerprint density at radius 2 is 1.93 bits per heavy atom. The molecule has 0 radical (unpaired) electrons. The van der Waals surface area contributed by atoms with E-state index in [1.807, 2.05) is 23.1 Å². The maximum Gasteiger partial charge on any atom is 0.332 e. The van der Waals surface area contributed by atoms with E-state index in [4.69, 9.17) is 14.8 Å². The van der Waals surface area contributed by atoms with Crippen LogP contribution in [0.5, 0.6) is 0 Å². The van der Waals surface area contributed by atoms with Crippen LogP contribution in [-0.4, -0.2) is 50.2 Å². The zero-order chi connectivity index (χ0) is 19.1. The van der Waals surface area contributed by atoms with Crippen LogP contribution in [0.2, 0.25) is 0 Å². The lowest BCUT2D eigenvalue weighted by Crippen LogP contribution is -2.40. The van der Waals surface area contributed by atoms with Gasteiger partial charge in [0.1, 0.15) is 11.9 Å². The van der Waals surface area contributed by atoms with Gasteiger partial charge in [-0.05, 0) is 51.7 Å². The highest BCUT2D eigenvalue weighted by molar-refractivity contribution is 5.83. The fourth-order valence-corrected chi connectivity index (χ4v) is 4.33. The molecule has 0 bridgehead atoms. The first-order valence-electron chi connectivity index (χ1n) is 9.63. The van der Waals surface area contributed by atoms with Gasteiger partial charge in [0.2, 0.25) is 0 Å². The normalized spacial score (nSPS) is 25.6. The average Bonchev–Trinajstić information content (AvgIpc) is 3.36. The van der Waals surface area contributed by atoms with Crippen molar-refractivity contribution in [2.75, 3.05) is 6.54 Å². The maximum atomic E-state index is 13.1. The number of fused-ring (bicyclic) bond motifs is 1. The summed E-state index contributed by atoms with van der Waals surface area (Å²) in [4.78, 5) is 30.9. The SMILES string of the molecule is CC(C)n1c(C2CCCN2C(=O)[C@@H]2CC[C@H](C(=O)O)O2)nc2ccccc21. The Hall–Kier alpha value is -2.41. The number of carboxylic acid groups (broad SMARTS) is 1. The summed E-state index contributed by atoms with van der Waals surface area (Å²) in [6, 6.07) is 8.16. The predicted octanol–water partition coefficient (Wildman–Crippen LogP) is 2.91. The quantitative estimate of drug-likeness (QED) is 0.893. The highest BCUT2D eigenvalue weighted by atomic mass is 16.5. The Balaban J connectivity index is 1.64. The molecule has 1 amide bonds. The summed E-state index contributed by atoms with van der Waals surface area (Å²) in [5, 5.41) is 9.12. The number of carbonyl (C=O) groups is 2. The number of para-hydroxylation sites is 2. The number of hydrogen-bond donors (Lipinski definition) is 1. The van der Waals surface area contributed by atoms with Gasteiger partial charge in [-0.15, -0.1) is 0 Å². The van der Waals surface area contributed by atoms with Crippen LogP contribution in [-0.2, 0) is 14.3 Å². The maximum absolute atomic E-state index is 13.1. The van der Waals surface area contributed by atoms with Crippen LogP contribution in [0.15, 0.2) is 24.3 Å². The molecule has 2 aromatic rings. The molecule has 2 aliphatic rings. The number of nitrogens with zero attached hydrogens (tertiary/aromatic N) is 3. The fourth-order valence-electron chi connectivity index (χ4n) is 4.33. The fraction of sp³-hybridized carbons (Fsp3) is 0.550. The summed E-state index contributed by atoms with van der Waals surface area (Å²) in [6.07, 6.45) is 1.07. The summed E-state index contributed by atoms with van der Waals surface area (Å²) >= 11 is 0. The minimum Gasteiger partial charge on any atom is -0.479 e. The lowest BCUT2D eigenvalue weighted by atomic mass is 10.1. The van der Waals surface area contributed by atoms with E-state index in [0.29, 0.717) is 19.4 Å². The molecular weight excluding hydrogens is 346 g/mol. The summed E-state index contributed by atoms with van der Waals surface area (Å²) < 4.78 is 7.71. The monoisotopic (exact) mass is 371 g/mol. The molecule has 7 heteroatoms. The van der Waals surface area contributed by atoms with Crippen LogP contribution in [0.3, 0.4) is 0 Å². The molecule has 1 aromatic heterocycles. The zero-order valence-electron chi connectivity index (χ0n) is 15.7. The van der Waals surface area contributed by atoms with Gasteiger partial charge in [0.25, 0.3) is 5.91 Å². The van der Waals surface area contributed by atoms with Crippen LogP contribution < -0.4 is 0 Å². The molecule has 0 saturated carbocycles. The number of benzene rings is 1. The number of aliphatic carboxylic acids is 1. The van der Waals surface area contributed by atoms with Gasteiger partial charge in [0, 0.05) is 12.6 Å². The van der Waals surface area contributed by atoms with E-state index < -0.39 is 18.2 Å². The molecule has 0 spiro atoms. The second-order valence-electron chi connectivity index (χ2n) is 7.64. The van der Waals surface area contributed by atoms with Crippen molar-refractivity contribution in [2.45, 2.75) is 63.8 Å². The van der Waals surface area contributed by atoms with Crippen molar-refractivity contribution < 1.29 is 19.4 Å². The highest BCUT2D eigenvalue weighted by Gasteiger charge is 2.41. The molecule has 1 N–H and O–H groups in total. The van der Waals surface area contributed by atoms with E-state index in [0.717, 1.165) is 29.7 Å². The summed E-state index contributed by atoms with van der Waals surface area (Å²) in [5.41, 5.74) is 2.01. The molecular formula is C20H25N3O4. The third kappa shape index (κ3) is 3.10. The lowest BCUT2D eigenvalue weighted by Gasteiger charge is -2.28. The number of aromatic nitrogens is 2. The zero-order valence-corrected chi connectivity index (χ0v) is 15.7. The first kappa shape index (κ1) is 18.0. The summed E-state index contributed by atoms with van der Waals surface area (Å²) in [7, 11) is 0. The van der Waals surface area contributed by atoms with Crippen LogP contribution >= 0.6 is 0 Å². The van der Waals surface area contributed by atoms with Gasteiger partial charge in [-0.2, -0.15) is 0 Å². The number of amides is 1. The number of ether oxygens (including phenoxy) is 1.